The topological polar surface area (TPSA) is 66.6 Å². The lowest BCUT2D eigenvalue weighted by Gasteiger charge is -2.11. The number of hydrogen-bond donors (Lipinski definition) is 2. The molecular weight excluding hydrogens is 508 g/mol. The van der Waals surface area contributed by atoms with E-state index >= 15 is 0 Å². The number of guanidine groups is 1. The zero-order valence-electron chi connectivity index (χ0n) is 16.5. The van der Waals surface area contributed by atoms with Crippen molar-refractivity contribution in [3.63, 3.8) is 0 Å². The molecule has 0 atom stereocenters. The molecule has 30 heavy (non-hydrogen) atoms. The number of nitrogens with one attached hydrogen (secondary N) is 2. The summed E-state index contributed by atoms with van der Waals surface area (Å²) in [5.41, 5.74) is 0.878. The minimum absolute atomic E-state index is 0. The van der Waals surface area contributed by atoms with Gasteiger partial charge in [-0.15, -0.1) is 34.2 Å². The van der Waals surface area contributed by atoms with Crippen LogP contribution in [0.4, 0.5) is 13.2 Å². The molecule has 0 aliphatic carbocycles. The fourth-order valence-electron chi connectivity index (χ4n) is 2.83. The molecule has 0 bridgehead atoms. The molecular formula is C20H24F3IN6. The smallest absolute Gasteiger partial charge is 0.357 e. The molecule has 162 valence electrons. The Hall–Kier alpha value is -2.37. The van der Waals surface area contributed by atoms with Crippen molar-refractivity contribution in [3.8, 4) is 0 Å². The van der Waals surface area contributed by atoms with Crippen LogP contribution >= 0.6 is 24.0 Å². The van der Waals surface area contributed by atoms with E-state index in [1.807, 2.05) is 35.7 Å². The number of aromatic nitrogens is 3. The largest absolute Gasteiger partial charge is 0.416 e. The average molecular weight is 532 g/mol. The fourth-order valence-corrected chi connectivity index (χ4v) is 2.83. The standard InChI is InChI=1S/C20H23F3N6.HI/c1-2-24-19(26-14-15-8-10-16(11-9-15)20(21,22)23)25-12-5-7-18-28-27-17-6-3-4-13-29(17)18;/h3-4,6,8-11,13H,2,5,7,12,14H2,1H3,(H2,24,25,26);1H. The van der Waals surface area contributed by atoms with Crippen LogP contribution < -0.4 is 10.6 Å². The normalized spacial score (nSPS) is 11.9. The lowest BCUT2D eigenvalue weighted by molar-refractivity contribution is -0.137. The Morgan fingerprint density at radius 3 is 2.53 bits per heavy atom. The average Bonchev–Trinajstić information content (AvgIpc) is 3.12. The van der Waals surface area contributed by atoms with Gasteiger partial charge >= 0.3 is 6.18 Å². The van der Waals surface area contributed by atoms with Gasteiger partial charge in [-0.05, 0) is 43.2 Å². The lowest BCUT2D eigenvalue weighted by atomic mass is 10.1. The second kappa shape index (κ2) is 11.1. The van der Waals surface area contributed by atoms with Gasteiger partial charge in [0.2, 0.25) is 0 Å². The summed E-state index contributed by atoms with van der Waals surface area (Å²) in [6.45, 7) is 3.62. The first kappa shape index (κ1) is 23.9. The van der Waals surface area contributed by atoms with E-state index in [1.54, 1.807) is 0 Å². The summed E-state index contributed by atoms with van der Waals surface area (Å²) in [5.74, 6) is 1.52. The second-order valence-corrected chi connectivity index (χ2v) is 6.47. The molecule has 0 fully saturated rings. The van der Waals surface area contributed by atoms with Crippen molar-refractivity contribution in [3.05, 3.63) is 65.6 Å². The van der Waals surface area contributed by atoms with E-state index in [-0.39, 0.29) is 24.0 Å². The molecule has 0 spiro atoms. The molecule has 0 saturated heterocycles. The molecule has 0 aliphatic rings. The Balaban J connectivity index is 0.00000320. The number of hydrogen-bond acceptors (Lipinski definition) is 3. The van der Waals surface area contributed by atoms with E-state index in [1.165, 1.54) is 12.1 Å². The maximum atomic E-state index is 12.6. The van der Waals surface area contributed by atoms with Gasteiger partial charge in [-0.3, -0.25) is 4.40 Å². The van der Waals surface area contributed by atoms with E-state index in [0.717, 1.165) is 36.4 Å². The number of aryl methyl sites for hydroxylation is 1. The molecule has 1 aromatic carbocycles. The van der Waals surface area contributed by atoms with Crippen LogP contribution in [0.25, 0.3) is 5.65 Å². The van der Waals surface area contributed by atoms with Crippen molar-refractivity contribution in [1.29, 1.82) is 0 Å². The highest BCUT2D eigenvalue weighted by Crippen LogP contribution is 2.29. The summed E-state index contributed by atoms with van der Waals surface area (Å²) < 4.78 is 39.9. The number of halogens is 4. The molecule has 2 aromatic heterocycles. The van der Waals surface area contributed by atoms with Gasteiger partial charge in [-0.25, -0.2) is 4.99 Å². The minimum Gasteiger partial charge on any atom is -0.357 e. The Morgan fingerprint density at radius 1 is 1.07 bits per heavy atom. The Morgan fingerprint density at radius 2 is 1.83 bits per heavy atom. The molecule has 0 amide bonds. The second-order valence-electron chi connectivity index (χ2n) is 6.47. The molecule has 0 radical (unpaired) electrons. The van der Waals surface area contributed by atoms with E-state index in [9.17, 15) is 13.2 Å². The van der Waals surface area contributed by atoms with Gasteiger partial charge in [0.25, 0.3) is 0 Å². The summed E-state index contributed by atoms with van der Waals surface area (Å²) >= 11 is 0. The maximum absolute atomic E-state index is 12.6. The van der Waals surface area contributed by atoms with Crippen LogP contribution in [0.5, 0.6) is 0 Å². The zero-order chi connectivity index (χ0) is 20.7. The van der Waals surface area contributed by atoms with Gasteiger partial charge in [0, 0.05) is 25.7 Å². The van der Waals surface area contributed by atoms with Gasteiger partial charge in [-0.1, -0.05) is 18.2 Å². The summed E-state index contributed by atoms with van der Waals surface area (Å²) in [4.78, 5) is 4.44. The van der Waals surface area contributed by atoms with E-state index in [4.69, 9.17) is 0 Å². The highest BCUT2D eigenvalue weighted by atomic mass is 127. The third-order valence-electron chi connectivity index (χ3n) is 4.30. The molecule has 6 nitrogen and oxygen atoms in total. The van der Waals surface area contributed by atoms with Gasteiger partial charge in [-0.2, -0.15) is 13.2 Å². The van der Waals surface area contributed by atoms with Crippen molar-refractivity contribution in [1.82, 2.24) is 25.2 Å². The van der Waals surface area contributed by atoms with Crippen LogP contribution in [-0.2, 0) is 19.1 Å². The van der Waals surface area contributed by atoms with Crippen LogP contribution in [-0.4, -0.2) is 33.6 Å². The van der Waals surface area contributed by atoms with Crippen molar-refractivity contribution in [2.24, 2.45) is 4.99 Å². The third kappa shape index (κ3) is 6.57. The van der Waals surface area contributed by atoms with Crippen molar-refractivity contribution < 1.29 is 13.2 Å². The Kier molecular flexibility index (Phi) is 8.88. The summed E-state index contributed by atoms with van der Waals surface area (Å²) in [7, 11) is 0. The number of fused-ring (bicyclic) bond motifs is 1. The summed E-state index contributed by atoms with van der Waals surface area (Å²) in [5, 5.41) is 14.7. The number of alkyl halides is 3. The predicted molar refractivity (Wildman–Crippen MR) is 121 cm³/mol. The molecule has 0 aliphatic heterocycles. The molecule has 0 saturated carbocycles. The van der Waals surface area contributed by atoms with Gasteiger partial charge in [0.05, 0.1) is 12.1 Å². The van der Waals surface area contributed by atoms with Crippen molar-refractivity contribution in [2.45, 2.75) is 32.5 Å². The van der Waals surface area contributed by atoms with Crippen LogP contribution in [0.3, 0.4) is 0 Å². The highest BCUT2D eigenvalue weighted by Gasteiger charge is 2.29. The first-order valence-corrected chi connectivity index (χ1v) is 9.44. The van der Waals surface area contributed by atoms with Crippen LogP contribution in [0.1, 0.15) is 30.3 Å². The van der Waals surface area contributed by atoms with Gasteiger partial charge in [0.15, 0.2) is 11.6 Å². The Labute approximate surface area is 190 Å². The van der Waals surface area contributed by atoms with Gasteiger partial charge < -0.3 is 10.6 Å². The van der Waals surface area contributed by atoms with E-state index < -0.39 is 11.7 Å². The van der Waals surface area contributed by atoms with Crippen LogP contribution in [0.15, 0.2) is 53.7 Å². The minimum atomic E-state index is -4.33. The fraction of sp³-hybridized carbons (Fsp3) is 0.350. The maximum Gasteiger partial charge on any atom is 0.416 e. The number of aliphatic imine (C=N–C) groups is 1. The molecule has 2 N–H and O–H groups in total. The number of benzene rings is 1. The number of nitrogens with zero attached hydrogens (tertiary/aromatic N) is 4. The SMILES string of the molecule is CCNC(=NCc1ccc(C(F)(F)F)cc1)NCCCc1nnc2ccccn12.I. The zero-order valence-corrected chi connectivity index (χ0v) is 18.8. The molecule has 2 heterocycles. The summed E-state index contributed by atoms with van der Waals surface area (Å²) in [6.07, 6.45) is -0.793. The third-order valence-corrected chi connectivity index (χ3v) is 4.30. The number of rotatable bonds is 7. The molecule has 3 aromatic rings. The first-order chi connectivity index (χ1) is 14.0. The molecule has 10 heteroatoms. The Bertz CT molecular complexity index is 953. The van der Waals surface area contributed by atoms with Crippen molar-refractivity contribution in [2.75, 3.05) is 13.1 Å². The van der Waals surface area contributed by atoms with E-state index in [0.29, 0.717) is 31.2 Å². The van der Waals surface area contributed by atoms with Gasteiger partial charge in [0.1, 0.15) is 5.82 Å². The number of pyridine rings is 1. The molecule has 0 unspecified atom stereocenters. The lowest BCUT2D eigenvalue weighted by Crippen LogP contribution is -2.37. The predicted octanol–water partition coefficient (Wildman–Crippen LogP) is 4.05. The highest BCUT2D eigenvalue weighted by molar-refractivity contribution is 14.0. The quantitative estimate of drug-likeness (QED) is 0.209. The van der Waals surface area contributed by atoms with Crippen LogP contribution in [0, 0.1) is 0 Å². The van der Waals surface area contributed by atoms with E-state index in [2.05, 4.69) is 25.8 Å². The first-order valence-electron chi connectivity index (χ1n) is 9.44. The monoisotopic (exact) mass is 532 g/mol. The summed E-state index contributed by atoms with van der Waals surface area (Å²) in [6, 6.07) is 10.8. The van der Waals surface area contributed by atoms with Crippen molar-refractivity contribution >= 4 is 35.6 Å². The molecule has 3 rings (SSSR count). The van der Waals surface area contributed by atoms with Crippen LogP contribution in [0.2, 0.25) is 0 Å².